The van der Waals surface area contributed by atoms with Crippen LogP contribution in [0.4, 0.5) is 4.39 Å². The summed E-state index contributed by atoms with van der Waals surface area (Å²) in [5.41, 5.74) is 1.16. The number of hydrogen-bond acceptors (Lipinski definition) is 3. The van der Waals surface area contributed by atoms with E-state index >= 15 is 0 Å². The van der Waals surface area contributed by atoms with Crippen LogP contribution in [0.15, 0.2) is 42.5 Å². The van der Waals surface area contributed by atoms with Crippen LogP contribution in [-0.4, -0.2) is 32.1 Å². The third-order valence-corrected chi connectivity index (χ3v) is 3.35. The van der Waals surface area contributed by atoms with Gasteiger partial charge in [0, 0.05) is 24.7 Å². The van der Waals surface area contributed by atoms with E-state index in [1.54, 1.807) is 20.2 Å². The fourth-order valence-corrected chi connectivity index (χ4v) is 2.18. The topological polar surface area (TPSA) is 38.8 Å². The Morgan fingerprint density at radius 1 is 1.09 bits per heavy atom. The van der Waals surface area contributed by atoms with E-state index in [0.29, 0.717) is 12.3 Å². The van der Waals surface area contributed by atoms with E-state index in [4.69, 9.17) is 9.47 Å². The highest BCUT2D eigenvalue weighted by atomic mass is 19.1. The standard InChI is InChI=1S/C17H18FNO3/c1-19(11-13-6-4-5-7-15(13)21-2)17(20)12-8-9-16(22-3)14(18)10-12/h4-10H,11H2,1-3H3. The summed E-state index contributed by atoms with van der Waals surface area (Å²) in [4.78, 5) is 13.9. The molecule has 0 aliphatic rings. The van der Waals surface area contributed by atoms with Gasteiger partial charge in [0.2, 0.25) is 0 Å². The molecule has 0 unspecified atom stereocenters. The second kappa shape index (κ2) is 6.93. The molecule has 2 aromatic carbocycles. The van der Waals surface area contributed by atoms with Gasteiger partial charge >= 0.3 is 0 Å². The molecule has 0 radical (unpaired) electrons. The number of hydrogen-bond donors (Lipinski definition) is 0. The summed E-state index contributed by atoms with van der Waals surface area (Å²) in [6.07, 6.45) is 0. The summed E-state index contributed by atoms with van der Waals surface area (Å²) >= 11 is 0. The minimum Gasteiger partial charge on any atom is -0.496 e. The van der Waals surface area contributed by atoms with Crippen molar-refractivity contribution in [2.45, 2.75) is 6.54 Å². The Bertz CT molecular complexity index is 673. The van der Waals surface area contributed by atoms with Crippen LogP contribution in [0.3, 0.4) is 0 Å². The van der Waals surface area contributed by atoms with Crippen molar-refractivity contribution >= 4 is 5.91 Å². The van der Waals surface area contributed by atoms with Gasteiger partial charge in [0.25, 0.3) is 5.91 Å². The van der Waals surface area contributed by atoms with Crippen LogP contribution >= 0.6 is 0 Å². The van der Waals surface area contributed by atoms with Crippen LogP contribution in [0.5, 0.6) is 11.5 Å². The smallest absolute Gasteiger partial charge is 0.254 e. The van der Waals surface area contributed by atoms with Crippen LogP contribution in [0.2, 0.25) is 0 Å². The average molecular weight is 303 g/mol. The highest BCUT2D eigenvalue weighted by Crippen LogP contribution is 2.21. The van der Waals surface area contributed by atoms with Gasteiger partial charge in [-0.15, -0.1) is 0 Å². The maximum absolute atomic E-state index is 13.7. The van der Waals surface area contributed by atoms with E-state index in [1.165, 1.54) is 24.1 Å². The van der Waals surface area contributed by atoms with Crippen molar-refractivity contribution in [3.05, 3.63) is 59.4 Å². The van der Waals surface area contributed by atoms with E-state index in [0.717, 1.165) is 5.56 Å². The minimum atomic E-state index is -0.556. The number of para-hydroxylation sites is 1. The summed E-state index contributed by atoms with van der Waals surface area (Å²) < 4.78 is 23.8. The Labute approximate surface area is 129 Å². The van der Waals surface area contributed by atoms with Gasteiger partial charge in [0.1, 0.15) is 5.75 Å². The zero-order valence-corrected chi connectivity index (χ0v) is 12.8. The number of carbonyl (C=O) groups is 1. The third kappa shape index (κ3) is 3.36. The van der Waals surface area contributed by atoms with Gasteiger partial charge in [-0.3, -0.25) is 4.79 Å². The fourth-order valence-electron chi connectivity index (χ4n) is 2.18. The van der Waals surface area contributed by atoms with Gasteiger partial charge in [0.15, 0.2) is 11.6 Å². The van der Waals surface area contributed by atoms with Crippen LogP contribution in [0.25, 0.3) is 0 Å². The van der Waals surface area contributed by atoms with Gasteiger partial charge in [-0.2, -0.15) is 0 Å². The van der Waals surface area contributed by atoms with Crippen LogP contribution < -0.4 is 9.47 Å². The van der Waals surface area contributed by atoms with E-state index in [1.807, 2.05) is 24.3 Å². The number of rotatable bonds is 5. The molecule has 5 heteroatoms. The molecular weight excluding hydrogens is 285 g/mol. The van der Waals surface area contributed by atoms with Gasteiger partial charge in [-0.1, -0.05) is 18.2 Å². The van der Waals surface area contributed by atoms with Gasteiger partial charge in [0.05, 0.1) is 14.2 Å². The number of ether oxygens (including phenoxy) is 2. The van der Waals surface area contributed by atoms with Crippen molar-refractivity contribution in [3.63, 3.8) is 0 Å². The lowest BCUT2D eigenvalue weighted by Gasteiger charge is -2.19. The highest BCUT2D eigenvalue weighted by Gasteiger charge is 2.16. The molecule has 2 rings (SSSR count). The van der Waals surface area contributed by atoms with E-state index in [9.17, 15) is 9.18 Å². The van der Waals surface area contributed by atoms with E-state index in [-0.39, 0.29) is 17.2 Å². The number of amides is 1. The zero-order chi connectivity index (χ0) is 16.1. The molecule has 0 heterocycles. The molecule has 0 bridgehead atoms. The molecule has 22 heavy (non-hydrogen) atoms. The summed E-state index contributed by atoms with van der Waals surface area (Å²) in [7, 11) is 4.63. The molecule has 0 saturated heterocycles. The molecule has 4 nitrogen and oxygen atoms in total. The van der Waals surface area contributed by atoms with Gasteiger partial charge in [-0.05, 0) is 24.3 Å². The molecule has 0 fully saturated rings. The summed E-state index contributed by atoms with van der Waals surface area (Å²) in [5, 5.41) is 0. The molecule has 0 saturated carbocycles. The molecule has 0 N–H and O–H groups in total. The molecule has 0 aliphatic heterocycles. The van der Waals surface area contributed by atoms with Crippen molar-refractivity contribution in [1.29, 1.82) is 0 Å². The molecule has 0 aromatic heterocycles. The molecule has 0 atom stereocenters. The first-order chi connectivity index (χ1) is 10.6. The molecule has 0 spiro atoms. The van der Waals surface area contributed by atoms with Crippen LogP contribution in [0, 0.1) is 5.82 Å². The minimum absolute atomic E-state index is 0.115. The summed E-state index contributed by atoms with van der Waals surface area (Å²) in [5.74, 6) is -0.00139. The number of halogens is 1. The molecule has 1 amide bonds. The Hall–Kier alpha value is -2.56. The maximum atomic E-state index is 13.7. The first-order valence-corrected chi connectivity index (χ1v) is 6.77. The normalized spacial score (nSPS) is 10.2. The highest BCUT2D eigenvalue weighted by molar-refractivity contribution is 5.94. The van der Waals surface area contributed by atoms with Crippen molar-refractivity contribution in [1.82, 2.24) is 4.90 Å². The number of benzene rings is 2. The van der Waals surface area contributed by atoms with Crippen molar-refractivity contribution in [2.75, 3.05) is 21.3 Å². The SMILES string of the molecule is COc1ccc(C(=O)N(C)Cc2ccccc2OC)cc1F. The molecule has 0 aliphatic carbocycles. The lowest BCUT2D eigenvalue weighted by Crippen LogP contribution is -2.26. The average Bonchev–Trinajstić information content (AvgIpc) is 2.54. The number of nitrogens with zero attached hydrogens (tertiary/aromatic N) is 1. The van der Waals surface area contributed by atoms with Gasteiger partial charge < -0.3 is 14.4 Å². The Morgan fingerprint density at radius 2 is 1.77 bits per heavy atom. The van der Waals surface area contributed by atoms with Crippen molar-refractivity contribution in [2.24, 2.45) is 0 Å². The molecular formula is C17H18FNO3. The lowest BCUT2D eigenvalue weighted by atomic mass is 10.1. The van der Waals surface area contributed by atoms with Crippen LogP contribution in [-0.2, 0) is 6.54 Å². The van der Waals surface area contributed by atoms with Gasteiger partial charge in [-0.25, -0.2) is 4.39 Å². The largest absolute Gasteiger partial charge is 0.496 e. The van der Waals surface area contributed by atoms with Crippen LogP contribution in [0.1, 0.15) is 15.9 Å². The molecule has 116 valence electrons. The van der Waals surface area contributed by atoms with Crippen molar-refractivity contribution in [3.8, 4) is 11.5 Å². The predicted octanol–water partition coefficient (Wildman–Crippen LogP) is 3.12. The maximum Gasteiger partial charge on any atom is 0.254 e. The second-order valence-corrected chi connectivity index (χ2v) is 4.82. The molecule has 2 aromatic rings. The summed E-state index contributed by atoms with van der Waals surface area (Å²) in [6, 6.07) is 11.6. The number of carbonyl (C=O) groups excluding carboxylic acids is 1. The first-order valence-electron chi connectivity index (χ1n) is 6.77. The number of methoxy groups -OCH3 is 2. The lowest BCUT2D eigenvalue weighted by molar-refractivity contribution is 0.0783. The predicted molar refractivity (Wildman–Crippen MR) is 81.7 cm³/mol. The Kier molecular flexibility index (Phi) is 4.99. The Morgan fingerprint density at radius 3 is 2.41 bits per heavy atom. The van der Waals surface area contributed by atoms with E-state index in [2.05, 4.69) is 0 Å². The second-order valence-electron chi connectivity index (χ2n) is 4.82. The fraction of sp³-hybridized carbons (Fsp3) is 0.235. The Balaban J connectivity index is 2.17. The quantitative estimate of drug-likeness (QED) is 0.852. The summed E-state index contributed by atoms with van der Waals surface area (Å²) in [6.45, 7) is 0.372. The monoisotopic (exact) mass is 303 g/mol. The first kappa shape index (κ1) is 15.8. The third-order valence-electron chi connectivity index (χ3n) is 3.35. The van der Waals surface area contributed by atoms with E-state index < -0.39 is 5.82 Å². The zero-order valence-electron chi connectivity index (χ0n) is 12.8. The van der Waals surface area contributed by atoms with Crippen molar-refractivity contribution < 1.29 is 18.7 Å².